The SMILES string of the molecule is C=CC(F)(F)c1cc(Oc2c(C(C)(F)F)nc(CC(N)=O)[nH]c2=O)ccc1Cl. The Kier molecular flexibility index (Phi) is 5.83. The van der Waals surface area contributed by atoms with Gasteiger partial charge in [-0.15, -0.1) is 0 Å². The van der Waals surface area contributed by atoms with Crippen LogP contribution in [0.15, 0.2) is 35.6 Å². The number of hydrogen-bond donors (Lipinski definition) is 2. The van der Waals surface area contributed by atoms with Crippen molar-refractivity contribution in [1.82, 2.24) is 9.97 Å². The average molecular weight is 420 g/mol. The van der Waals surface area contributed by atoms with Gasteiger partial charge in [0.05, 0.1) is 11.4 Å². The molecule has 0 fully saturated rings. The second-order valence-electron chi connectivity index (χ2n) is 5.79. The number of aromatic amines is 1. The van der Waals surface area contributed by atoms with Gasteiger partial charge in [0.25, 0.3) is 17.4 Å². The molecule has 0 aliphatic heterocycles. The fourth-order valence-electron chi connectivity index (χ4n) is 2.20. The predicted molar refractivity (Wildman–Crippen MR) is 92.9 cm³/mol. The number of ether oxygens (including phenoxy) is 1. The van der Waals surface area contributed by atoms with Crippen molar-refractivity contribution >= 4 is 17.5 Å². The van der Waals surface area contributed by atoms with Gasteiger partial charge in [-0.05, 0) is 24.3 Å². The van der Waals surface area contributed by atoms with E-state index in [1.54, 1.807) is 0 Å². The minimum Gasteiger partial charge on any atom is -0.449 e. The van der Waals surface area contributed by atoms with Gasteiger partial charge in [-0.1, -0.05) is 18.2 Å². The number of nitrogens with zero attached hydrogens (tertiary/aromatic N) is 1. The summed E-state index contributed by atoms with van der Waals surface area (Å²) in [5, 5.41) is -0.317. The number of aromatic nitrogens is 2. The molecule has 2 aromatic rings. The van der Waals surface area contributed by atoms with Gasteiger partial charge in [0.15, 0.2) is 5.69 Å². The van der Waals surface area contributed by atoms with Crippen LogP contribution in [0.3, 0.4) is 0 Å². The summed E-state index contributed by atoms with van der Waals surface area (Å²) in [5.41, 5.74) is 2.05. The fraction of sp³-hybridized carbons (Fsp3) is 0.235. The molecule has 28 heavy (non-hydrogen) atoms. The summed E-state index contributed by atoms with van der Waals surface area (Å²) in [6, 6.07) is 2.95. The number of amides is 1. The number of H-pyrrole nitrogens is 1. The van der Waals surface area contributed by atoms with E-state index in [1.807, 2.05) is 0 Å². The van der Waals surface area contributed by atoms with Crippen molar-refractivity contribution < 1.29 is 27.1 Å². The maximum atomic E-state index is 13.9. The van der Waals surface area contributed by atoms with Crippen molar-refractivity contribution in [3.05, 3.63) is 63.3 Å². The number of primary amides is 1. The zero-order chi connectivity index (χ0) is 21.3. The van der Waals surface area contributed by atoms with Crippen LogP contribution in [0.5, 0.6) is 11.5 Å². The number of nitrogens with one attached hydrogen (secondary N) is 1. The van der Waals surface area contributed by atoms with E-state index in [-0.39, 0.29) is 10.8 Å². The lowest BCUT2D eigenvalue weighted by molar-refractivity contribution is -0.117. The summed E-state index contributed by atoms with van der Waals surface area (Å²) < 4.78 is 60.8. The minimum atomic E-state index is -3.64. The Bertz CT molecular complexity index is 987. The summed E-state index contributed by atoms with van der Waals surface area (Å²) in [7, 11) is 0. The number of carbonyl (C=O) groups is 1. The Morgan fingerprint density at radius 1 is 1.39 bits per heavy atom. The number of hydrogen-bond acceptors (Lipinski definition) is 4. The van der Waals surface area contributed by atoms with Crippen LogP contribution in [-0.4, -0.2) is 15.9 Å². The van der Waals surface area contributed by atoms with E-state index in [0.717, 1.165) is 18.2 Å². The first-order valence-corrected chi connectivity index (χ1v) is 8.02. The quantitative estimate of drug-likeness (QED) is 0.529. The van der Waals surface area contributed by atoms with Gasteiger partial charge < -0.3 is 15.5 Å². The van der Waals surface area contributed by atoms with Crippen LogP contribution in [0.25, 0.3) is 0 Å². The van der Waals surface area contributed by atoms with Crippen LogP contribution in [0, 0.1) is 0 Å². The number of carbonyl (C=O) groups excluding carboxylic acids is 1. The number of nitrogens with two attached hydrogens (primary N) is 1. The smallest absolute Gasteiger partial charge is 0.294 e. The molecule has 0 atom stereocenters. The van der Waals surface area contributed by atoms with Crippen LogP contribution in [0.1, 0.15) is 24.0 Å². The Hall–Kier alpha value is -2.88. The van der Waals surface area contributed by atoms with Gasteiger partial charge in [0.2, 0.25) is 11.7 Å². The highest BCUT2D eigenvalue weighted by atomic mass is 35.5. The number of rotatable bonds is 7. The lowest BCUT2D eigenvalue weighted by atomic mass is 10.1. The van der Waals surface area contributed by atoms with Crippen molar-refractivity contribution in [1.29, 1.82) is 0 Å². The highest BCUT2D eigenvalue weighted by Gasteiger charge is 2.35. The van der Waals surface area contributed by atoms with Crippen molar-refractivity contribution in [2.24, 2.45) is 5.73 Å². The summed E-state index contributed by atoms with van der Waals surface area (Å²) >= 11 is 5.74. The Morgan fingerprint density at radius 3 is 2.57 bits per heavy atom. The Balaban J connectivity index is 2.58. The first-order valence-electron chi connectivity index (χ1n) is 7.64. The molecular weight excluding hydrogens is 406 g/mol. The van der Waals surface area contributed by atoms with Crippen LogP contribution in [0.4, 0.5) is 17.6 Å². The van der Waals surface area contributed by atoms with Crippen molar-refractivity contribution in [2.45, 2.75) is 25.2 Å². The lowest BCUT2D eigenvalue weighted by Crippen LogP contribution is -2.25. The van der Waals surface area contributed by atoms with Crippen molar-refractivity contribution in [2.75, 3.05) is 0 Å². The molecule has 1 aromatic carbocycles. The van der Waals surface area contributed by atoms with Crippen molar-refractivity contribution in [3.63, 3.8) is 0 Å². The minimum absolute atomic E-state index is 0.317. The standard InChI is InChI=1S/C17H14ClF4N3O3/c1-3-17(21,22)9-6-8(4-5-10(9)18)28-13-14(16(2,19)20)24-12(7-11(23)26)25-15(13)27/h3-6H,1,7H2,2H3,(H2,23,26)(H,24,25,27). The third-order valence-electron chi connectivity index (χ3n) is 3.46. The van der Waals surface area contributed by atoms with Gasteiger partial charge in [-0.25, -0.2) is 4.98 Å². The molecule has 1 amide bonds. The van der Waals surface area contributed by atoms with Crippen LogP contribution < -0.4 is 16.0 Å². The molecule has 150 valence electrons. The molecule has 6 nitrogen and oxygen atoms in total. The molecule has 1 aromatic heterocycles. The molecule has 0 aliphatic rings. The lowest BCUT2D eigenvalue weighted by Gasteiger charge is -2.17. The second kappa shape index (κ2) is 7.63. The number of alkyl halides is 4. The zero-order valence-corrected chi connectivity index (χ0v) is 15.1. The molecule has 11 heteroatoms. The average Bonchev–Trinajstić information content (AvgIpc) is 2.56. The van der Waals surface area contributed by atoms with E-state index in [9.17, 15) is 27.2 Å². The van der Waals surface area contributed by atoms with E-state index in [0.29, 0.717) is 13.0 Å². The molecular formula is C17H14ClF4N3O3. The van der Waals surface area contributed by atoms with E-state index in [4.69, 9.17) is 22.1 Å². The van der Waals surface area contributed by atoms with E-state index in [2.05, 4.69) is 16.5 Å². The molecule has 2 rings (SSSR count). The summed E-state index contributed by atoms with van der Waals surface area (Å²) in [4.78, 5) is 28.8. The van der Waals surface area contributed by atoms with Crippen LogP contribution in [-0.2, 0) is 23.1 Å². The third-order valence-corrected chi connectivity index (χ3v) is 3.79. The molecule has 3 N–H and O–H groups in total. The summed E-state index contributed by atoms with van der Waals surface area (Å²) in [6.45, 7) is 3.46. The van der Waals surface area contributed by atoms with Crippen LogP contribution in [0.2, 0.25) is 5.02 Å². The molecule has 0 radical (unpaired) electrons. The van der Waals surface area contributed by atoms with Gasteiger partial charge in [0.1, 0.15) is 11.6 Å². The summed E-state index contributed by atoms with van der Waals surface area (Å²) in [5.74, 6) is -9.75. The van der Waals surface area contributed by atoms with Gasteiger partial charge >= 0.3 is 0 Å². The Labute approximate surface area is 161 Å². The highest BCUT2D eigenvalue weighted by Crippen LogP contribution is 2.38. The predicted octanol–water partition coefficient (Wildman–Crippen LogP) is 3.63. The van der Waals surface area contributed by atoms with Gasteiger partial charge in [-0.2, -0.15) is 17.6 Å². The number of allylic oxidation sites excluding steroid dienone is 1. The molecule has 0 unspecified atom stereocenters. The fourth-order valence-corrected chi connectivity index (χ4v) is 2.44. The Morgan fingerprint density at radius 2 is 2.04 bits per heavy atom. The largest absolute Gasteiger partial charge is 0.449 e. The van der Waals surface area contributed by atoms with Gasteiger partial charge in [-0.3, -0.25) is 9.59 Å². The summed E-state index contributed by atoms with van der Waals surface area (Å²) in [6.07, 6.45) is -0.244. The molecule has 0 saturated carbocycles. The molecule has 0 aliphatic carbocycles. The zero-order valence-electron chi connectivity index (χ0n) is 14.4. The van der Waals surface area contributed by atoms with E-state index >= 15 is 0 Å². The molecule has 1 heterocycles. The van der Waals surface area contributed by atoms with E-state index < -0.39 is 52.6 Å². The van der Waals surface area contributed by atoms with Crippen LogP contribution >= 0.6 is 11.6 Å². The molecule has 0 bridgehead atoms. The first kappa shape index (κ1) is 21.4. The number of benzene rings is 1. The van der Waals surface area contributed by atoms with Crippen molar-refractivity contribution in [3.8, 4) is 11.5 Å². The normalized spacial score (nSPS) is 11.9. The topological polar surface area (TPSA) is 98.1 Å². The molecule has 0 saturated heterocycles. The van der Waals surface area contributed by atoms with E-state index in [1.165, 1.54) is 0 Å². The first-order chi connectivity index (χ1) is 12.8. The maximum absolute atomic E-state index is 13.9. The molecule has 0 spiro atoms. The third kappa shape index (κ3) is 4.69. The number of halogens is 5. The highest BCUT2D eigenvalue weighted by molar-refractivity contribution is 6.31. The second-order valence-corrected chi connectivity index (χ2v) is 6.20. The maximum Gasteiger partial charge on any atom is 0.294 e. The van der Waals surface area contributed by atoms with Gasteiger partial charge in [0, 0.05) is 12.5 Å². The monoisotopic (exact) mass is 419 g/mol.